The Balaban J connectivity index is 1.89. The van der Waals surface area contributed by atoms with Crippen LogP contribution in [0.15, 0.2) is 0 Å². The summed E-state index contributed by atoms with van der Waals surface area (Å²) >= 11 is 0. The fraction of sp³-hybridized carbons (Fsp3) is 1.00. The molecule has 0 spiro atoms. The van der Waals surface area contributed by atoms with Crippen molar-refractivity contribution in [2.45, 2.75) is 52.1 Å². The number of nitrogens with zero attached hydrogens (tertiary/aromatic N) is 1. The molecule has 0 bridgehead atoms. The van der Waals surface area contributed by atoms with Gasteiger partial charge in [0, 0.05) is 31.7 Å². The summed E-state index contributed by atoms with van der Waals surface area (Å²) in [7, 11) is 0. The number of nitrogens with one attached hydrogen (secondary N) is 1. The van der Waals surface area contributed by atoms with Crippen molar-refractivity contribution >= 4 is 0 Å². The highest BCUT2D eigenvalue weighted by molar-refractivity contribution is 4.94. The zero-order valence-electron chi connectivity index (χ0n) is 10.5. The van der Waals surface area contributed by atoms with Gasteiger partial charge in [-0.3, -0.25) is 4.90 Å². The van der Waals surface area contributed by atoms with Crippen LogP contribution in [0, 0.1) is 11.8 Å². The Morgan fingerprint density at radius 1 is 1.33 bits per heavy atom. The molecule has 0 aromatic carbocycles. The van der Waals surface area contributed by atoms with E-state index in [0.29, 0.717) is 0 Å². The molecule has 2 aliphatic rings. The number of piperazine rings is 1. The molecule has 2 unspecified atom stereocenters. The summed E-state index contributed by atoms with van der Waals surface area (Å²) in [6, 6.07) is 1.58. The molecule has 2 rings (SSSR count). The fourth-order valence-electron chi connectivity index (χ4n) is 2.79. The van der Waals surface area contributed by atoms with Gasteiger partial charge in [0.05, 0.1) is 0 Å². The monoisotopic (exact) mass is 210 g/mol. The fourth-order valence-corrected chi connectivity index (χ4v) is 2.79. The quantitative estimate of drug-likeness (QED) is 0.764. The van der Waals surface area contributed by atoms with Gasteiger partial charge in [0.25, 0.3) is 0 Å². The van der Waals surface area contributed by atoms with Crippen molar-refractivity contribution in [3.63, 3.8) is 0 Å². The van der Waals surface area contributed by atoms with Crippen LogP contribution in [0.4, 0.5) is 0 Å². The van der Waals surface area contributed by atoms with Crippen LogP contribution in [-0.4, -0.2) is 36.6 Å². The van der Waals surface area contributed by atoms with Crippen molar-refractivity contribution in [2.75, 3.05) is 19.6 Å². The van der Waals surface area contributed by atoms with Crippen LogP contribution in [0.25, 0.3) is 0 Å². The van der Waals surface area contributed by atoms with Gasteiger partial charge in [-0.05, 0) is 31.1 Å². The van der Waals surface area contributed by atoms with Crippen molar-refractivity contribution in [1.82, 2.24) is 10.2 Å². The predicted molar refractivity (Wildman–Crippen MR) is 65.0 cm³/mol. The highest BCUT2D eigenvalue weighted by atomic mass is 15.2. The summed E-state index contributed by atoms with van der Waals surface area (Å²) in [6.45, 7) is 10.8. The molecule has 2 nitrogen and oxygen atoms in total. The van der Waals surface area contributed by atoms with Gasteiger partial charge in [-0.2, -0.15) is 0 Å². The van der Waals surface area contributed by atoms with Crippen LogP contribution >= 0.6 is 0 Å². The van der Waals surface area contributed by atoms with Crippen LogP contribution < -0.4 is 5.32 Å². The van der Waals surface area contributed by atoms with E-state index in [1.54, 1.807) is 0 Å². The van der Waals surface area contributed by atoms with E-state index in [1.807, 2.05) is 0 Å². The van der Waals surface area contributed by atoms with Crippen molar-refractivity contribution in [3.8, 4) is 0 Å². The molecular formula is C13H26N2. The van der Waals surface area contributed by atoms with Crippen molar-refractivity contribution in [1.29, 1.82) is 0 Å². The number of hydrogen-bond acceptors (Lipinski definition) is 2. The van der Waals surface area contributed by atoms with Gasteiger partial charge < -0.3 is 5.32 Å². The molecule has 88 valence electrons. The highest BCUT2D eigenvalue weighted by Gasteiger charge is 2.36. The van der Waals surface area contributed by atoms with Crippen molar-refractivity contribution in [3.05, 3.63) is 0 Å². The molecule has 0 amide bonds. The Kier molecular flexibility index (Phi) is 3.68. The Labute approximate surface area is 94.4 Å². The normalized spacial score (nSPS) is 33.6. The molecule has 0 radical (unpaired) electrons. The molecule has 2 fully saturated rings. The van der Waals surface area contributed by atoms with Gasteiger partial charge in [-0.1, -0.05) is 20.8 Å². The Morgan fingerprint density at radius 3 is 2.60 bits per heavy atom. The average molecular weight is 210 g/mol. The summed E-state index contributed by atoms with van der Waals surface area (Å²) in [5, 5.41) is 3.74. The lowest BCUT2D eigenvalue weighted by atomic mass is 10.0. The summed E-state index contributed by atoms with van der Waals surface area (Å²) in [6.07, 6.45) is 4.21. The van der Waals surface area contributed by atoms with Crippen molar-refractivity contribution in [2.24, 2.45) is 11.8 Å². The Morgan fingerprint density at radius 2 is 2.07 bits per heavy atom. The molecule has 1 aliphatic carbocycles. The molecule has 1 aliphatic heterocycles. The van der Waals surface area contributed by atoms with Gasteiger partial charge >= 0.3 is 0 Å². The van der Waals surface area contributed by atoms with E-state index in [2.05, 4.69) is 31.0 Å². The van der Waals surface area contributed by atoms with E-state index in [1.165, 1.54) is 38.9 Å². The molecule has 1 heterocycles. The third-order valence-corrected chi connectivity index (χ3v) is 3.83. The molecule has 1 N–H and O–H groups in total. The Bertz CT molecular complexity index is 199. The second kappa shape index (κ2) is 4.84. The third kappa shape index (κ3) is 2.94. The minimum absolute atomic E-state index is 0.780. The topological polar surface area (TPSA) is 15.3 Å². The first-order valence-corrected chi connectivity index (χ1v) is 6.68. The molecule has 0 aromatic rings. The lowest BCUT2D eigenvalue weighted by Gasteiger charge is -2.41. The Hall–Kier alpha value is -0.0800. The second-order valence-electron chi connectivity index (χ2n) is 5.76. The van der Waals surface area contributed by atoms with Gasteiger partial charge in [0.15, 0.2) is 0 Å². The maximum absolute atomic E-state index is 3.74. The van der Waals surface area contributed by atoms with Gasteiger partial charge in [-0.15, -0.1) is 0 Å². The van der Waals surface area contributed by atoms with E-state index < -0.39 is 0 Å². The maximum Gasteiger partial charge on any atom is 0.0224 e. The van der Waals surface area contributed by atoms with Gasteiger partial charge in [-0.25, -0.2) is 0 Å². The van der Waals surface area contributed by atoms with Crippen LogP contribution in [0.1, 0.15) is 40.0 Å². The van der Waals surface area contributed by atoms with Gasteiger partial charge in [0.2, 0.25) is 0 Å². The standard InChI is InChI=1S/C13H26N2/c1-4-12-7-14-13(11-5-6-11)9-15(12)8-10(2)3/h10-14H,4-9H2,1-3H3. The molecule has 0 aromatic heterocycles. The van der Waals surface area contributed by atoms with Crippen LogP contribution in [0.5, 0.6) is 0 Å². The summed E-state index contributed by atoms with van der Waals surface area (Å²) < 4.78 is 0. The molecular weight excluding hydrogens is 184 g/mol. The summed E-state index contributed by atoms with van der Waals surface area (Å²) in [5.41, 5.74) is 0. The zero-order valence-corrected chi connectivity index (χ0v) is 10.5. The second-order valence-corrected chi connectivity index (χ2v) is 5.76. The smallest absolute Gasteiger partial charge is 0.0224 e. The van der Waals surface area contributed by atoms with Crippen molar-refractivity contribution < 1.29 is 0 Å². The van der Waals surface area contributed by atoms with Crippen LogP contribution in [0.3, 0.4) is 0 Å². The van der Waals surface area contributed by atoms with E-state index >= 15 is 0 Å². The van der Waals surface area contributed by atoms with E-state index in [9.17, 15) is 0 Å². The average Bonchev–Trinajstić information content (AvgIpc) is 3.00. The van der Waals surface area contributed by atoms with Gasteiger partial charge in [0.1, 0.15) is 0 Å². The molecule has 2 atom stereocenters. The van der Waals surface area contributed by atoms with E-state index in [-0.39, 0.29) is 0 Å². The van der Waals surface area contributed by atoms with E-state index in [0.717, 1.165) is 23.9 Å². The summed E-state index contributed by atoms with van der Waals surface area (Å²) in [4.78, 5) is 2.73. The van der Waals surface area contributed by atoms with E-state index in [4.69, 9.17) is 0 Å². The highest BCUT2D eigenvalue weighted by Crippen LogP contribution is 2.34. The first-order valence-electron chi connectivity index (χ1n) is 6.68. The third-order valence-electron chi connectivity index (χ3n) is 3.83. The summed E-state index contributed by atoms with van der Waals surface area (Å²) in [5.74, 6) is 1.80. The predicted octanol–water partition coefficient (Wildman–Crippen LogP) is 2.10. The molecule has 1 saturated carbocycles. The lowest BCUT2D eigenvalue weighted by Crippen LogP contribution is -2.57. The number of rotatable bonds is 4. The maximum atomic E-state index is 3.74. The van der Waals surface area contributed by atoms with Crippen LogP contribution in [0.2, 0.25) is 0 Å². The first kappa shape index (κ1) is 11.4. The zero-order chi connectivity index (χ0) is 10.8. The largest absolute Gasteiger partial charge is 0.311 e. The molecule has 15 heavy (non-hydrogen) atoms. The first-order chi connectivity index (χ1) is 7.20. The molecule has 1 saturated heterocycles. The minimum Gasteiger partial charge on any atom is -0.311 e. The van der Waals surface area contributed by atoms with Crippen LogP contribution in [-0.2, 0) is 0 Å². The SMILES string of the molecule is CCC1CNC(C2CC2)CN1CC(C)C. The number of hydrogen-bond donors (Lipinski definition) is 1. The minimum atomic E-state index is 0.780. The molecule has 2 heteroatoms. The lowest BCUT2D eigenvalue weighted by molar-refractivity contribution is 0.106.